The summed E-state index contributed by atoms with van der Waals surface area (Å²) in [6, 6.07) is 7.69. The van der Waals surface area contributed by atoms with Gasteiger partial charge in [0.25, 0.3) is 0 Å². The summed E-state index contributed by atoms with van der Waals surface area (Å²) in [6.07, 6.45) is 0. The van der Waals surface area contributed by atoms with Crippen LogP contribution in [0.15, 0.2) is 24.3 Å². The fraction of sp³-hybridized carbons (Fsp3) is 0.364. The third kappa shape index (κ3) is 2.33. The van der Waals surface area contributed by atoms with E-state index in [9.17, 15) is 4.79 Å². The predicted octanol–water partition coefficient (Wildman–Crippen LogP) is 2.04. The third-order valence-electron chi connectivity index (χ3n) is 2.18. The Morgan fingerprint density at radius 3 is 2.14 bits per heavy atom. The molecule has 3 nitrogen and oxygen atoms in total. The van der Waals surface area contributed by atoms with Gasteiger partial charge < -0.3 is 0 Å². The van der Waals surface area contributed by atoms with Crippen LogP contribution >= 0.6 is 0 Å². The molecule has 3 heteroatoms. The third-order valence-corrected chi connectivity index (χ3v) is 2.18. The Balaban J connectivity index is 2.88. The van der Waals surface area contributed by atoms with Crippen molar-refractivity contribution in [3.8, 4) is 0 Å². The molecule has 0 aliphatic carbocycles. The Morgan fingerprint density at radius 2 is 1.79 bits per heavy atom. The molecule has 0 fully saturated rings. The van der Waals surface area contributed by atoms with Gasteiger partial charge in [0.05, 0.1) is 5.69 Å². The van der Waals surface area contributed by atoms with E-state index in [1.54, 1.807) is 0 Å². The van der Waals surface area contributed by atoms with Crippen LogP contribution in [-0.4, -0.2) is 5.91 Å². The lowest BCUT2D eigenvalue weighted by molar-refractivity contribution is -0.116. The van der Waals surface area contributed by atoms with Crippen molar-refractivity contribution in [1.82, 2.24) is 0 Å². The topological polar surface area (TPSA) is 46.3 Å². The molecule has 2 N–H and O–H groups in total. The average Bonchev–Trinajstić information content (AvgIpc) is 2.16. The number of amides is 1. The Bertz CT molecular complexity index is 317. The zero-order chi connectivity index (χ0) is 10.7. The van der Waals surface area contributed by atoms with Crippen molar-refractivity contribution in [2.24, 2.45) is 5.84 Å². The first-order valence-electron chi connectivity index (χ1n) is 4.67. The summed E-state index contributed by atoms with van der Waals surface area (Å²) >= 11 is 0. The van der Waals surface area contributed by atoms with E-state index in [-0.39, 0.29) is 5.91 Å². The number of rotatable bonds is 2. The van der Waals surface area contributed by atoms with E-state index in [2.05, 4.69) is 13.8 Å². The van der Waals surface area contributed by atoms with Gasteiger partial charge in [0, 0.05) is 6.92 Å². The van der Waals surface area contributed by atoms with Crippen LogP contribution in [0.4, 0.5) is 5.69 Å². The minimum Gasteiger partial charge on any atom is -0.273 e. The molecule has 0 unspecified atom stereocenters. The number of hydrogen-bond acceptors (Lipinski definition) is 2. The summed E-state index contributed by atoms with van der Waals surface area (Å²) in [7, 11) is 0. The van der Waals surface area contributed by atoms with E-state index >= 15 is 0 Å². The lowest BCUT2D eigenvalue weighted by atomic mass is 10.0. The van der Waals surface area contributed by atoms with E-state index in [0.717, 1.165) is 10.7 Å². The number of carbonyl (C=O) groups is 1. The van der Waals surface area contributed by atoms with Gasteiger partial charge in [-0.15, -0.1) is 0 Å². The monoisotopic (exact) mass is 192 g/mol. The van der Waals surface area contributed by atoms with Gasteiger partial charge in [-0.1, -0.05) is 26.0 Å². The molecule has 0 aromatic heterocycles. The molecule has 14 heavy (non-hydrogen) atoms. The summed E-state index contributed by atoms with van der Waals surface area (Å²) in [5.74, 6) is 5.88. The highest BCUT2D eigenvalue weighted by Gasteiger charge is 2.06. The molecular formula is C11H16N2O. The highest BCUT2D eigenvalue weighted by molar-refractivity contribution is 5.90. The summed E-state index contributed by atoms with van der Waals surface area (Å²) in [6.45, 7) is 5.69. The largest absolute Gasteiger partial charge is 0.273 e. The van der Waals surface area contributed by atoms with Crippen LogP contribution in [0.5, 0.6) is 0 Å². The molecule has 76 valence electrons. The standard InChI is InChI=1S/C11H16N2O/c1-8(2)10-4-6-11(7-5-10)13(12)9(3)14/h4-8H,12H2,1-3H3. The zero-order valence-corrected chi connectivity index (χ0v) is 8.82. The Labute approximate surface area is 84.5 Å². The van der Waals surface area contributed by atoms with Crippen LogP contribution < -0.4 is 10.9 Å². The van der Waals surface area contributed by atoms with Crippen LogP contribution in [0.2, 0.25) is 0 Å². The van der Waals surface area contributed by atoms with E-state index in [4.69, 9.17) is 5.84 Å². The first-order valence-corrected chi connectivity index (χ1v) is 4.67. The van der Waals surface area contributed by atoms with Gasteiger partial charge in [0.1, 0.15) is 0 Å². The maximum Gasteiger partial charge on any atom is 0.238 e. The number of hydrazine groups is 1. The van der Waals surface area contributed by atoms with E-state index in [1.807, 2.05) is 24.3 Å². The number of hydrogen-bond donors (Lipinski definition) is 1. The molecule has 0 radical (unpaired) electrons. The highest BCUT2D eigenvalue weighted by atomic mass is 16.2. The normalized spacial score (nSPS) is 10.4. The number of benzene rings is 1. The minimum absolute atomic E-state index is 0.165. The number of anilines is 1. The van der Waals surface area contributed by atoms with Gasteiger partial charge in [-0.2, -0.15) is 0 Å². The zero-order valence-electron chi connectivity index (χ0n) is 8.82. The van der Waals surface area contributed by atoms with Gasteiger partial charge >= 0.3 is 0 Å². The smallest absolute Gasteiger partial charge is 0.238 e. The maximum atomic E-state index is 11.0. The number of nitrogens with zero attached hydrogens (tertiary/aromatic N) is 1. The molecular weight excluding hydrogens is 176 g/mol. The van der Waals surface area contributed by atoms with E-state index in [0.29, 0.717) is 5.92 Å². The van der Waals surface area contributed by atoms with Crippen molar-refractivity contribution in [1.29, 1.82) is 0 Å². The van der Waals surface area contributed by atoms with Crippen LogP contribution in [0.25, 0.3) is 0 Å². The summed E-state index contributed by atoms with van der Waals surface area (Å²) in [5.41, 5.74) is 1.97. The van der Waals surface area contributed by atoms with Crippen LogP contribution in [0, 0.1) is 0 Å². The fourth-order valence-corrected chi connectivity index (χ4v) is 1.20. The van der Waals surface area contributed by atoms with Crippen LogP contribution in [-0.2, 0) is 4.79 Å². The summed E-state index contributed by atoms with van der Waals surface area (Å²) in [5, 5.41) is 1.14. The van der Waals surface area contributed by atoms with Crippen LogP contribution in [0.1, 0.15) is 32.3 Å². The van der Waals surface area contributed by atoms with E-state index < -0.39 is 0 Å². The quantitative estimate of drug-likeness (QED) is 0.443. The second kappa shape index (κ2) is 4.24. The molecule has 0 atom stereocenters. The molecule has 0 heterocycles. The highest BCUT2D eigenvalue weighted by Crippen LogP contribution is 2.18. The molecule has 1 rings (SSSR count). The molecule has 0 saturated carbocycles. The first kappa shape index (κ1) is 10.7. The minimum atomic E-state index is -0.165. The van der Waals surface area contributed by atoms with Crippen molar-refractivity contribution in [3.05, 3.63) is 29.8 Å². The Morgan fingerprint density at radius 1 is 1.29 bits per heavy atom. The summed E-state index contributed by atoms with van der Waals surface area (Å²) in [4.78, 5) is 11.0. The molecule has 0 aliphatic heterocycles. The molecule has 0 saturated heterocycles. The van der Waals surface area contributed by atoms with Gasteiger partial charge in [0.2, 0.25) is 5.91 Å². The van der Waals surface area contributed by atoms with Gasteiger partial charge in [-0.05, 0) is 23.6 Å². The molecule has 1 aromatic carbocycles. The SMILES string of the molecule is CC(=O)N(N)c1ccc(C(C)C)cc1. The number of nitrogens with two attached hydrogens (primary N) is 1. The molecule has 1 aromatic rings. The summed E-state index contributed by atoms with van der Waals surface area (Å²) < 4.78 is 0. The maximum absolute atomic E-state index is 11.0. The van der Waals surface area contributed by atoms with Gasteiger partial charge in [0.15, 0.2) is 0 Å². The van der Waals surface area contributed by atoms with Gasteiger partial charge in [-0.25, -0.2) is 10.9 Å². The second-order valence-electron chi connectivity index (χ2n) is 3.64. The van der Waals surface area contributed by atoms with E-state index in [1.165, 1.54) is 12.5 Å². The number of carbonyl (C=O) groups excluding carboxylic acids is 1. The van der Waals surface area contributed by atoms with Crippen molar-refractivity contribution < 1.29 is 4.79 Å². The lowest BCUT2D eigenvalue weighted by Crippen LogP contribution is -2.35. The van der Waals surface area contributed by atoms with Crippen LogP contribution in [0.3, 0.4) is 0 Å². The molecule has 0 spiro atoms. The molecule has 0 bridgehead atoms. The second-order valence-corrected chi connectivity index (χ2v) is 3.64. The van der Waals surface area contributed by atoms with Crippen molar-refractivity contribution in [3.63, 3.8) is 0 Å². The van der Waals surface area contributed by atoms with Crippen molar-refractivity contribution in [2.75, 3.05) is 5.01 Å². The van der Waals surface area contributed by atoms with Crippen molar-refractivity contribution >= 4 is 11.6 Å². The van der Waals surface area contributed by atoms with Gasteiger partial charge in [-0.3, -0.25) is 4.79 Å². The predicted molar refractivity (Wildman–Crippen MR) is 57.9 cm³/mol. The first-order chi connectivity index (χ1) is 6.52. The van der Waals surface area contributed by atoms with Crippen molar-refractivity contribution in [2.45, 2.75) is 26.7 Å². The molecule has 1 amide bonds. The lowest BCUT2D eigenvalue weighted by Gasteiger charge is -2.15. The Kier molecular flexibility index (Phi) is 3.25. The molecule has 0 aliphatic rings. The average molecular weight is 192 g/mol. The fourth-order valence-electron chi connectivity index (χ4n) is 1.20. The Hall–Kier alpha value is -1.35.